The maximum Gasteiger partial charge on any atom is 0.322 e. The predicted molar refractivity (Wildman–Crippen MR) is 67.6 cm³/mol. The van der Waals surface area contributed by atoms with Gasteiger partial charge < -0.3 is 21.1 Å². The molecule has 3 amide bonds. The molecule has 2 atom stereocenters. The smallest absolute Gasteiger partial charge is 0.322 e. The van der Waals surface area contributed by atoms with Gasteiger partial charge in [-0.1, -0.05) is 0 Å². The number of amides is 3. The SMILES string of the molecule is O=C(O)CNC(=O)[C@H](CS)NC(=O)[C@@H]1CCC(=O)N1. The summed E-state index contributed by atoms with van der Waals surface area (Å²) < 4.78 is 0. The Morgan fingerprint density at radius 3 is 2.63 bits per heavy atom. The van der Waals surface area contributed by atoms with E-state index in [1.165, 1.54) is 0 Å². The van der Waals surface area contributed by atoms with Crippen LogP contribution in [0.2, 0.25) is 0 Å². The standard InChI is InChI=1S/C10H15N3O5S/c14-7-2-1-5(12-7)10(18)13-6(4-19)9(17)11-3-8(15)16/h5-6,19H,1-4H2,(H,11,17)(H,12,14)(H,13,18)(H,15,16)/t5-,6-/m0/s1. The van der Waals surface area contributed by atoms with Crippen molar-refractivity contribution in [2.24, 2.45) is 0 Å². The average Bonchev–Trinajstić information content (AvgIpc) is 2.79. The molecular weight excluding hydrogens is 274 g/mol. The van der Waals surface area contributed by atoms with Gasteiger partial charge in [-0.25, -0.2) is 0 Å². The second-order valence-corrected chi connectivity index (χ2v) is 4.38. The van der Waals surface area contributed by atoms with Crippen LogP contribution in [0.3, 0.4) is 0 Å². The van der Waals surface area contributed by atoms with E-state index >= 15 is 0 Å². The summed E-state index contributed by atoms with van der Waals surface area (Å²) >= 11 is 3.92. The number of carbonyl (C=O) groups excluding carboxylic acids is 3. The molecule has 0 aromatic rings. The van der Waals surface area contributed by atoms with Crippen LogP contribution in [0.1, 0.15) is 12.8 Å². The summed E-state index contributed by atoms with van der Waals surface area (Å²) in [4.78, 5) is 44.6. The minimum absolute atomic E-state index is 0.0257. The van der Waals surface area contributed by atoms with Crippen molar-refractivity contribution in [3.05, 3.63) is 0 Å². The number of thiol groups is 1. The van der Waals surface area contributed by atoms with Crippen molar-refractivity contribution >= 4 is 36.3 Å². The van der Waals surface area contributed by atoms with Gasteiger partial charge in [0.2, 0.25) is 17.7 Å². The highest BCUT2D eigenvalue weighted by atomic mass is 32.1. The Kier molecular flexibility index (Phi) is 5.61. The van der Waals surface area contributed by atoms with Crippen molar-refractivity contribution in [3.8, 4) is 0 Å². The van der Waals surface area contributed by atoms with Gasteiger partial charge in [0, 0.05) is 12.2 Å². The number of hydrogen-bond acceptors (Lipinski definition) is 5. The second kappa shape index (κ2) is 6.98. The van der Waals surface area contributed by atoms with Crippen LogP contribution in [-0.2, 0) is 19.2 Å². The van der Waals surface area contributed by atoms with Gasteiger partial charge >= 0.3 is 5.97 Å². The molecule has 1 rings (SSSR count). The molecule has 0 aromatic heterocycles. The Bertz CT molecular complexity index is 401. The van der Waals surface area contributed by atoms with E-state index in [-0.39, 0.29) is 18.1 Å². The average molecular weight is 289 g/mol. The molecule has 0 aromatic carbocycles. The van der Waals surface area contributed by atoms with Gasteiger partial charge in [0.1, 0.15) is 18.6 Å². The summed E-state index contributed by atoms with van der Waals surface area (Å²) in [7, 11) is 0. The second-order valence-electron chi connectivity index (χ2n) is 4.01. The first-order valence-corrected chi connectivity index (χ1v) is 6.27. The van der Waals surface area contributed by atoms with Crippen molar-refractivity contribution in [2.75, 3.05) is 12.3 Å². The molecule has 0 aliphatic carbocycles. The lowest BCUT2D eigenvalue weighted by Gasteiger charge is -2.18. The van der Waals surface area contributed by atoms with Crippen LogP contribution in [0.5, 0.6) is 0 Å². The number of aliphatic carboxylic acids is 1. The van der Waals surface area contributed by atoms with E-state index in [0.717, 1.165) is 0 Å². The van der Waals surface area contributed by atoms with Crippen molar-refractivity contribution in [1.29, 1.82) is 0 Å². The molecule has 1 heterocycles. The highest BCUT2D eigenvalue weighted by Crippen LogP contribution is 2.06. The molecule has 1 saturated heterocycles. The number of carboxylic acids is 1. The van der Waals surface area contributed by atoms with E-state index in [1.807, 2.05) is 0 Å². The first-order chi connectivity index (χ1) is 8.93. The summed E-state index contributed by atoms with van der Waals surface area (Å²) in [5, 5.41) is 15.5. The molecule has 19 heavy (non-hydrogen) atoms. The zero-order valence-corrected chi connectivity index (χ0v) is 10.9. The van der Waals surface area contributed by atoms with E-state index < -0.39 is 36.4 Å². The monoisotopic (exact) mass is 289 g/mol. The summed E-state index contributed by atoms with van der Waals surface area (Å²) in [6.07, 6.45) is 0.648. The van der Waals surface area contributed by atoms with Crippen LogP contribution in [-0.4, -0.2) is 53.2 Å². The molecule has 9 heteroatoms. The highest BCUT2D eigenvalue weighted by Gasteiger charge is 2.29. The summed E-state index contributed by atoms with van der Waals surface area (Å²) in [5.41, 5.74) is 0. The maximum absolute atomic E-state index is 11.7. The Labute approximate surface area is 114 Å². The molecule has 4 N–H and O–H groups in total. The van der Waals surface area contributed by atoms with Crippen molar-refractivity contribution in [1.82, 2.24) is 16.0 Å². The van der Waals surface area contributed by atoms with Crippen molar-refractivity contribution in [3.63, 3.8) is 0 Å². The molecule has 106 valence electrons. The summed E-state index contributed by atoms with van der Waals surface area (Å²) in [6.45, 7) is -0.529. The molecule has 0 unspecified atom stereocenters. The van der Waals surface area contributed by atoms with Gasteiger partial charge in [-0.3, -0.25) is 19.2 Å². The maximum atomic E-state index is 11.7. The van der Waals surface area contributed by atoms with Crippen LogP contribution in [0.4, 0.5) is 0 Å². The van der Waals surface area contributed by atoms with Gasteiger partial charge in [-0.05, 0) is 6.42 Å². The van der Waals surface area contributed by atoms with Crippen LogP contribution in [0, 0.1) is 0 Å². The Morgan fingerprint density at radius 1 is 1.47 bits per heavy atom. The van der Waals surface area contributed by atoms with Gasteiger partial charge in [0.25, 0.3) is 0 Å². The first kappa shape index (κ1) is 15.3. The largest absolute Gasteiger partial charge is 0.480 e. The Balaban J connectivity index is 2.46. The van der Waals surface area contributed by atoms with Gasteiger partial charge in [-0.2, -0.15) is 12.6 Å². The third-order valence-electron chi connectivity index (χ3n) is 2.54. The lowest BCUT2D eigenvalue weighted by molar-refractivity contribution is -0.138. The van der Waals surface area contributed by atoms with E-state index in [0.29, 0.717) is 6.42 Å². The van der Waals surface area contributed by atoms with E-state index in [9.17, 15) is 19.2 Å². The van der Waals surface area contributed by atoms with Crippen LogP contribution < -0.4 is 16.0 Å². The normalized spacial score (nSPS) is 19.4. The number of carbonyl (C=O) groups is 4. The number of rotatable bonds is 6. The van der Waals surface area contributed by atoms with E-state index in [2.05, 4.69) is 28.6 Å². The number of hydrogen-bond donors (Lipinski definition) is 5. The molecular formula is C10H15N3O5S. The topological polar surface area (TPSA) is 125 Å². The molecule has 1 aliphatic rings. The molecule has 0 radical (unpaired) electrons. The zero-order chi connectivity index (χ0) is 14.4. The van der Waals surface area contributed by atoms with E-state index in [1.54, 1.807) is 0 Å². The lowest BCUT2D eigenvalue weighted by atomic mass is 10.2. The fourth-order valence-corrected chi connectivity index (χ4v) is 1.82. The fourth-order valence-electron chi connectivity index (χ4n) is 1.56. The van der Waals surface area contributed by atoms with Crippen LogP contribution >= 0.6 is 12.6 Å². The minimum Gasteiger partial charge on any atom is -0.480 e. The molecule has 0 bridgehead atoms. The molecule has 0 spiro atoms. The number of carboxylic acid groups (broad SMARTS) is 1. The highest BCUT2D eigenvalue weighted by molar-refractivity contribution is 7.80. The molecule has 1 fully saturated rings. The van der Waals surface area contributed by atoms with Gasteiger partial charge in [0.05, 0.1) is 0 Å². The third-order valence-corrected chi connectivity index (χ3v) is 2.91. The minimum atomic E-state index is -1.18. The Hall–Kier alpha value is -1.77. The zero-order valence-electron chi connectivity index (χ0n) is 10.0. The van der Waals surface area contributed by atoms with Crippen molar-refractivity contribution in [2.45, 2.75) is 24.9 Å². The van der Waals surface area contributed by atoms with E-state index in [4.69, 9.17) is 5.11 Å². The number of nitrogens with one attached hydrogen (secondary N) is 3. The fraction of sp³-hybridized carbons (Fsp3) is 0.600. The van der Waals surface area contributed by atoms with Gasteiger partial charge in [-0.15, -0.1) is 0 Å². The molecule has 0 saturated carbocycles. The lowest BCUT2D eigenvalue weighted by Crippen LogP contribution is -2.53. The van der Waals surface area contributed by atoms with Gasteiger partial charge in [0.15, 0.2) is 0 Å². The van der Waals surface area contributed by atoms with Crippen LogP contribution in [0.25, 0.3) is 0 Å². The third kappa shape index (κ3) is 4.78. The quantitative estimate of drug-likeness (QED) is 0.358. The van der Waals surface area contributed by atoms with Crippen LogP contribution in [0.15, 0.2) is 0 Å². The Morgan fingerprint density at radius 2 is 2.16 bits per heavy atom. The first-order valence-electron chi connectivity index (χ1n) is 5.64. The molecule has 1 aliphatic heterocycles. The predicted octanol–water partition coefficient (Wildman–Crippen LogP) is -2.12. The summed E-state index contributed by atoms with van der Waals surface area (Å²) in [5.74, 6) is -2.47. The summed E-state index contributed by atoms with van der Waals surface area (Å²) in [6, 6.07) is -1.59. The molecule has 8 nitrogen and oxygen atoms in total. The van der Waals surface area contributed by atoms with Crippen molar-refractivity contribution < 1.29 is 24.3 Å².